The standard InChI is InChI=1S/C21H20ClNO4/c1-3-4-11-26-19-13-14(9-10-18(19)25-2)12-16(22)20-23-17-8-6-5-7-15(17)21(24)27-20/h5-10,12-13H,3-4,11H2,1-2H3/b16-12-. The number of ether oxygens (including phenoxy) is 2. The highest BCUT2D eigenvalue weighted by Crippen LogP contribution is 2.30. The molecule has 0 aliphatic carbocycles. The summed E-state index contributed by atoms with van der Waals surface area (Å²) in [7, 11) is 1.60. The molecular formula is C21H20ClNO4. The smallest absolute Gasteiger partial charge is 0.347 e. The first kappa shape index (κ1) is 19.0. The van der Waals surface area contributed by atoms with Crippen LogP contribution < -0.4 is 15.1 Å². The summed E-state index contributed by atoms with van der Waals surface area (Å²) in [5.74, 6) is 1.36. The van der Waals surface area contributed by atoms with Crippen LogP contribution in [0.25, 0.3) is 22.0 Å². The van der Waals surface area contributed by atoms with E-state index in [1.54, 1.807) is 43.5 Å². The van der Waals surface area contributed by atoms with Gasteiger partial charge >= 0.3 is 5.63 Å². The van der Waals surface area contributed by atoms with Crippen molar-refractivity contribution in [2.75, 3.05) is 13.7 Å². The van der Waals surface area contributed by atoms with E-state index in [0.29, 0.717) is 29.0 Å². The second-order valence-corrected chi connectivity index (χ2v) is 6.34. The van der Waals surface area contributed by atoms with Gasteiger partial charge in [-0.3, -0.25) is 0 Å². The zero-order valence-corrected chi connectivity index (χ0v) is 16.0. The predicted molar refractivity (Wildman–Crippen MR) is 107 cm³/mol. The van der Waals surface area contributed by atoms with Crippen LogP contribution in [0.1, 0.15) is 31.2 Å². The lowest BCUT2D eigenvalue weighted by Crippen LogP contribution is -2.03. The minimum atomic E-state index is -0.472. The van der Waals surface area contributed by atoms with Crippen molar-refractivity contribution < 1.29 is 13.9 Å². The summed E-state index contributed by atoms with van der Waals surface area (Å²) in [5.41, 5.74) is 0.846. The summed E-state index contributed by atoms with van der Waals surface area (Å²) in [6.07, 6.45) is 3.67. The summed E-state index contributed by atoms with van der Waals surface area (Å²) < 4.78 is 16.4. The van der Waals surface area contributed by atoms with E-state index in [0.717, 1.165) is 18.4 Å². The molecule has 0 saturated heterocycles. The van der Waals surface area contributed by atoms with Gasteiger partial charge in [-0.05, 0) is 42.3 Å². The van der Waals surface area contributed by atoms with Crippen molar-refractivity contribution in [1.29, 1.82) is 0 Å². The Kier molecular flexibility index (Phi) is 6.14. The van der Waals surface area contributed by atoms with Gasteiger partial charge in [-0.1, -0.05) is 43.1 Å². The molecule has 27 heavy (non-hydrogen) atoms. The Labute approximate surface area is 162 Å². The number of aromatic nitrogens is 1. The lowest BCUT2D eigenvalue weighted by Gasteiger charge is -2.11. The molecule has 0 saturated carbocycles. The molecule has 0 unspecified atom stereocenters. The molecule has 0 spiro atoms. The molecule has 0 bridgehead atoms. The first-order valence-corrected chi connectivity index (χ1v) is 9.08. The number of unbranched alkanes of at least 4 members (excludes halogenated alkanes) is 1. The molecular weight excluding hydrogens is 366 g/mol. The SMILES string of the molecule is CCCCOc1cc(/C=C(\Cl)c2nc3ccccc3c(=O)o2)ccc1OC. The van der Waals surface area contributed by atoms with Crippen molar-refractivity contribution in [3.8, 4) is 11.5 Å². The Bertz CT molecular complexity index is 1030. The number of para-hydroxylation sites is 1. The van der Waals surface area contributed by atoms with E-state index in [1.165, 1.54) is 0 Å². The minimum Gasteiger partial charge on any atom is -0.493 e. The maximum Gasteiger partial charge on any atom is 0.347 e. The molecule has 1 aromatic heterocycles. The highest BCUT2D eigenvalue weighted by molar-refractivity contribution is 6.50. The van der Waals surface area contributed by atoms with Gasteiger partial charge in [-0.15, -0.1) is 0 Å². The molecule has 0 aliphatic heterocycles. The Hall–Kier alpha value is -2.79. The van der Waals surface area contributed by atoms with Crippen molar-refractivity contribution in [2.45, 2.75) is 19.8 Å². The van der Waals surface area contributed by atoms with Gasteiger partial charge in [0.05, 0.1) is 24.6 Å². The number of hydrogen-bond donors (Lipinski definition) is 0. The molecule has 3 rings (SSSR count). The first-order chi connectivity index (χ1) is 13.1. The van der Waals surface area contributed by atoms with E-state index in [-0.39, 0.29) is 10.9 Å². The van der Waals surface area contributed by atoms with E-state index >= 15 is 0 Å². The van der Waals surface area contributed by atoms with Crippen molar-refractivity contribution in [3.05, 3.63) is 64.3 Å². The summed E-state index contributed by atoms with van der Waals surface area (Å²) in [6, 6.07) is 12.4. The molecule has 0 amide bonds. The van der Waals surface area contributed by atoms with Gasteiger partial charge in [0.25, 0.3) is 0 Å². The molecule has 0 atom stereocenters. The third-order valence-corrected chi connectivity index (χ3v) is 4.25. The fourth-order valence-electron chi connectivity index (χ4n) is 2.55. The average Bonchev–Trinajstić information content (AvgIpc) is 2.68. The number of hydrogen-bond acceptors (Lipinski definition) is 5. The maximum atomic E-state index is 12.1. The Morgan fingerprint density at radius 1 is 1.22 bits per heavy atom. The highest BCUT2D eigenvalue weighted by Gasteiger charge is 2.10. The van der Waals surface area contributed by atoms with Crippen LogP contribution in [0.15, 0.2) is 51.7 Å². The molecule has 5 nitrogen and oxygen atoms in total. The van der Waals surface area contributed by atoms with Crippen LogP contribution in [0.5, 0.6) is 11.5 Å². The van der Waals surface area contributed by atoms with Gasteiger partial charge in [0, 0.05) is 0 Å². The normalized spacial score (nSPS) is 11.6. The van der Waals surface area contributed by atoms with Crippen molar-refractivity contribution >= 4 is 33.6 Å². The van der Waals surface area contributed by atoms with E-state index in [9.17, 15) is 4.79 Å². The van der Waals surface area contributed by atoms with Gasteiger partial charge in [0.2, 0.25) is 5.89 Å². The molecule has 6 heteroatoms. The molecule has 0 fully saturated rings. The Balaban J connectivity index is 1.93. The second-order valence-electron chi connectivity index (χ2n) is 5.93. The van der Waals surface area contributed by atoms with Crippen molar-refractivity contribution in [1.82, 2.24) is 4.98 Å². The summed E-state index contributed by atoms with van der Waals surface area (Å²) in [5, 5.41) is 0.643. The molecule has 0 N–H and O–H groups in total. The van der Waals surface area contributed by atoms with Crippen molar-refractivity contribution in [2.24, 2.45) is 0 Å². The fraction of sp³-hybridized carbons (Fsp3) is 0.238. The van der Waals surface area contributed by atoms with Crippen LogP contribution in [0.4, 0.5) is 0 Å². The maximum absolute atomic E-state index is 12.1. The third-order valence-electron chi connectivity index (χ3n) is 3.98. The lowest BCUT2D eigenvalue weighted by molar-refractivity contribution is 0.288. The van der Waals surface area contributed by atoms with Gasteiger partial charge < -0.3 is 13.9 Å². The predicted octanol–water partition coefficient (Wildman–Crippen LogP) is 5.11. The number of methoxy groups -OCH3 is 1. The minimum absolute atomic E-state index is 0.0737. The number of fused-ring (bicyclic) bond motifs is 1. The lowest BCUT2D eigenvalue weighted by atomic mass is 10.2. The average molecular weight is 386 g/mol. The van der Waals surface area contributed by atoms with Crippen LogP contribution in [0, 0.1) is 0 Å². The first-order valence-electron chi connectivity index (χ1n) is 8.70. The van der Waals surface area contributed by atoms with E-state index in [1.807, 2.05) is 12.1 Å². The molecule has 3 aromatic rings. The molecule has 0 radical (unpaired) electrons. The summed E-state index contributed by atoms with van der Waals surface area (Å²) in [6.45, 7) is 2.71. The number of benzene rings is 2. The summed E-state index contributed by atoms with van der Waals surface area (Å²) in [4.78, 5) is 16.4. The zero-order chi connectivity index (χ0) is 19.2. The van der Waals surface area contributed by atoms with Gasteiger partial charge in [0.15, 0.2) is 11.5 Å². The Morgan fingerprint density at radius 2 is 2.04 bits per heavy atom. The summed E-state index contributed by atoms with van der Waals surface area (Å²) >= 11 is 6.36. The largest absolute Gasteiger partial charge is 0.493 e. The Morgan fingerprint density at radius 3 is 2.81 bits per heavy atom. The third kappa shape index (κ3) is 4.49. The van der Waals surface area contributed by atoms with E-state index < -0.39 is 5.63 Å². The number of rotatable bonds is 7. The van der Waals surface area contributed by atoms with Gasteiger partial charge in [-0.2, -0.15) is 0 Å². The van der Waals surface area contributed by atoms with Gasteiger partial charge in [-0.25, -0.2) is 9.78 Å². The quantitative estimate of drug-likeness (QED) is 0.529. The molecule has 2 aromatic carbocycles. The van der Waals surface area contributed by atoms with Crippen LogP contribution in [-0.4, -0.2) is 18.7 Å². The highest BCUT2D eigenvalue weighted by atomic mass is 35.5. The number of nitrogens with zero attached hydrogens (tertiary/aromatic N) is 1. The van der Waals surface area contributed by atoms with Gasteiger partial charge in [0.1, 0.15) is 5.03 Å². The monoisotopic (exact) mass is 385 g/mol. The number of halogens is 1. The van der Waals surface area contributed by atoms with Crippen LogP contribution in [0.3, 0.4) is 0 Å². The molecule has 1 heterocycles. The van der Waals surface area contributed by atoms with E-state index in [2.05, 4.69) is 11.9 Å². The van der Waals surface area contributed by atoms with Crippen molar-refractivity contribution in [3.63, 3.8) is 0 Å². The fourth-order valence-corrected chi connectivity index (χ4v) is 2.76. The second kappa shape index (κ2) is 8.73. The zero-order valence-electron chi connectivity index (χ0n) is 15.2. The van der Waals surface area contributed by atoms with Crippen LogP contribution >= 0.6 is 11.6 Å². The molecule has 140 valence electrons. The topological polar surface area (TPSA) is 61.6 Å². The molecule has 0 aliphatic rings. The van der Waals surface area contributed by atoms with Crippen LogP contribution in [0.2, 0.25) is 0 Å². The van der Waals surface area contributed by atoms with E-state index in [4.69, 9.17) is 25.5 Å². The van der Waals surface area contributed by atoms with Crippen LogP contribution in [-0.2, 0) is 0 Å².